The summed E-state index contributed by atoms with van der Waals surface area (Å²) < 4.78 is 5.34. The third-order valence-corrected chi connectivity index (χ3v) is 5.65. The number of aliphatic hydroxyl groups is 1. The van der Waals surface area contributed by atoms with E-state index < -0.39 is 23.7 Å². The number of carbonyl (C=O) groups is 2. The first-order valence-corrected chi connectivity index (χ1v) is 11.2. The molecule has 0 saturated heterocycles. The largest absolute Gasteiger partial charge is 0.458 e. The van der Waals surface area contributed by atoms with Crippen molar-refractivity contribution in [2.45, 2.75) is 70.6 Å². The molecule has 6 nitrogen and oxygen atoms in total. The molecule has 0 saturated carbocycles. The molecule has 172 valence electrons. The maximum atomic E-state index is 12.5. The van der Waals surface area contributed by atoms with Gasteiger partial charge in [0, 0.05) is 5.92 Å². The van der Waals surface area contributed by atoms with Crippen molar-refractivity contribution >= 4 is 12.4 Å². The van der Waals surface area contributed by atoms with Crippen LogP contribution in [-0.4, -0.2) is 46.9 Å². The van der Waals surface area contributed by atoms with Crippen molar-refractivity contribution < 1.29 is 24.3 Å². The molecule has 3 rings (SSSR count). The molecule has 0 radical (unpaired) electrons. The Bertz CT molecular complexity index is 890. The van der Waals surface area contributed by atoms with E-state index in [1.807, 2.05) is 31.2 Å². The van der Waals surface area contributed by atoms with E-state index in [0.717, 1.165) is 40.2 Å². The minimum Gasteiger partial charge on any atom is -0.458 e. The van der Waals surface area contributed by atoms with Gasteiger partial charge in [-0.1, -0.05) is 68.3 Å². The molecule has 0 aromatic heterocycles. The Hall–Kier alpha value is -2.70. The van der Waals surface area contributed by atoms with Crippen LogP contribution in [0, 0.1) is 0 Å². The number of carbonyl (C=O) groups excluding carboxylic acids is 2. The molecule has 32 heavy (non-hydrogen) atoms. The predicted molar refractivity (Wildman–Crippen MR) is 123 cm³/mol. The molecule has 0 aliphatic heterocycles. The fourth-order valence-corrected chi connectivity index (χ4v) is 4.16. The van der Waals surface area contributed by atoms with Crippen LogP contribution in [0.25, 0.3) is 11.1 Å². The smallest absolute Gasteiger partial charge is 0.337 e. The van der Waals surface area contributed by atoms with Gasteiger partial charge in [0.05, 0.1) is 12.6 Å². The van der Waals surface area contributed by atoms with Crippen molar-refractivity contribution in [2.24, 2.45) is 0 Å². The van der Waals surface area contributed by atoms with Gasteiger partial charge in [0.1, 0.15) is 5.60 Å². The van der Waals surface area contributed by atoms with Crippen molar-refractivity contribution in [2.75, 3.05) is 6.61 Å². The Balaban J connectivity index is 1.79. The Morgan fingerprint density at radius 2 is 1.66 bits per heavy atom. The first-order chi connectivity index (χ1) is 15.3. The lowest BCUT2D eigenvalue weighted by Crippen LogP contribution is -2.48. The van der Waals surface area contributed by atoms with E-state index in [-0.39, 0.29) is 12.5 Å². The fraction of sp³-hybridized carbons (Fsp3) is 0.462. The van der Waals surface area contributed by atoms with Gasteiger partial charge in [-0.2, -0.15) is 0 Å². The van der Waals surface area contributed by atoms with Crippen molar-refractivity contribution in [3.05, 3.63) is 59.7 Å². The number of amides is 1. The van der Waals surface area contributed by atoms with Crippen LogP contribution in [0.3, 0.4) is 0 Å². The molecule has 2 atom stereocenters. The highest BCUT2D eigenvalue weighted by molar-refractivity contribution is 5.79. The Kier molecular flexibility index (Phi) is 7.69. The number of benzene rings is 2. The van der Waals surface area contributed by atoms with Crippen molar-refractivity contribution in [1.82, 2.24) is 5.06 Å². The average molecular weight is 440 g/mol. The van der Waals surface area contributed by atoms with E-state index in [9.17, 15) is 14.7 Å². The van der Waals surface area contributed by atoms with E-state index in [0.29, 0.717) is 12.8 Å². The molecule has 6 heteroatoms. The van der Waals surface area contributed by atoms with Gasteiger partial charge in [-0.3, -0.25) is 9.63 Å². The molecule has 2 unspecified atom stereocenters. The quantitative estimate of drug-likeness (QED) is 0.336. The van der Waals surface area contributed by atoms with E-state index in [2.05, 4.69) is 24.3 Å². The maximum Gasteiger partial charge on any atom is 0.337 e. The summed E-state index contributed by atoms with van der Waals surface area (Å²) in [5.41, 5.74) is 3.85. The van der Waals surface area contributed by atoms with Gasteiger partial charge in [-0.05, 0) is 49.4 Å². The van der Waals surface area contributed by atoms with Gasteiger partial charge in [-0.25, -0.2) is 9.86 Å². The molecular weight excluding hydrogens is 406 g/mol. The minimum absolute atomic E-state index is 0.0460. The molecular formula is C26H33NO5. The van der Waals surface area contributed by atoms with Gasteiger partial charge < -0.3 is 9.84 Å². The van der Waals surface area contributed by atoms with Crippen LogP contribution in [0.15, 0.2) is 48.5 Å². The summed E-state index contributed by atoms with van der Waals surface area (Å²) in [6.45, 7) is 7.44. The Morgan fingerprint density at radius 3 is 2.16 bits per heavy atom. The van der Waals surface area contributed by atoms with E-state index >= 15 is 0 Å². The molecule has 0 spiro atoms. The highest BCUT2D eigenvalue weighted by atomic mass is 16.7. The summed E-state index contributed by atoms with van der Waals surface area (Å²) >= 11 is 0. The second-order valence-corrected chi connectivity index (χ2v) is 9.18. The zero-order chi connectivity index (χ0) is 23.3. The number of rotatable bonds is 10. The van der Waals surface area contributed by atoms with Gasteiger partial charge in [0.2, 0.25) is 6.41 Å². The van der Waals surface area contributed by atoms with Gasteiger partial charge in [0.15, 0.2) is 6.10 Å². The number of ether oxygens (including phenoxy) is 1. The van der Waals surface area contributed by atoms with E-state index in [4.69, 9.17) is 9.57 Å². The van der Waals surface area contributed by atoms with E-state index in [1.54, 1.807) is 20.8 Å². The zero-order valence-corrected chi connectivity index (χ0v) is 19.3. The lowest BCUT2D eigenvalue weighted by Gasteiger charge is -2.32. The molecule has 0 heterocycles. The Morgan fingerprint density at radius 1 is 1.09 bits per heavy atom. The predicted octanol–water partition coefficient (Wildman–Crippen LogP) is 4.45. The van der Waals surface area contributed by atoms with Crippen LogP contribution in [-0.2, 0) is 19.2 Å². The molecule has 1 N–H and O–H groups in total. The topological polar surface area (TPSA) is 76.1 Å². The number of nitrogens with zero attached hydrogens (tertiary/aromatic N) is 1. The molecule has 0 fully saturated rings. The lowest BCUT2D eigenvalue weighted by molar-refractivity contribution is -0.208. The monoisotopic (exact) mass is 439 g/mol. The third kappa shape index (κ3) is 5.37. The van der Waals surface area contributed by atoms with Crippen LogP contribution in [0.2, 0.25) is 0 Å². The summed E-state index contributed by atoms with van der Waals surface area (Å²) in [5.74, 6) is -0.805. The van der Waals surface area contributed by atoms with Crippen molar-refractivity contribution in [1.29, 1.82) is 0 Å². The van der Waals surface area contributed by atoms with Crippen LogP contribution in [0.1, 0.15) is 64.0 Å². The number of hydrogen-bond donors (Lipinski definition) is 1. The van der Waals surface area contributed by atoms with Crippen LogP contribution in [0.5, 0.6) is 0 Å². The summed E-state index contributed by atoms with van der Waals surface area (Å²) in [4.78, 5) is 30.4. The maximum absolute atomic E-state index is 12.5. The van der Waals surface area contributed by atoms with Gasteiger partial charge in [0.25, 0.3) is 0 Å². The summed E-state index contributed by atoms with van der Waals surface area (Å²) in [6, 6.07) is 15.5. The summed E-state index contributed by atoms with van der Waals surface area (Å²) in [6.07, 6.45) is 1.06. The number of fused-ring (bicyclic) bond motifs is 3. The first-order valence-electron chi connectivity index (χ1n) is 11.2. The Labute approximate surface area is 190 Å². The number of aliphatic hydroxyl groups excluding tert-OH is 1. The number of hydrogen-bond acceptors (Lipinski definition) is 5. The molecule has 0 bridgehead atoms. The van der Waals surface area contributed by atoms with Gasteiger partial charge >= 0.3 is 5.97 Å². The highest BCUT2D eigenvalue weighted by Crippen LogP contribution is 2.44. The van der Waals surface area contributed by atoms with E-state index in [1.165, 1.54) is 0 Å². The standard InChI is InChI=1S/C26H33NO5/c1-5-6-15-23(24(29)25(30)32-26(2,3)4)27(17-28)31-16-22-20-13-9-7-11-18(20)19-12-8-10-14-21(19)22/h7-14,17,22-24,29H,5-6,15-16H2,1-4H3. The molecule has 2 aromatic rings. The summed E-state index contributed by atoms with van der Waals surface area (Å²) in [5, 5.41) is 11.8. The third-order valence-electron chi connectivity index (χ3n) is 5.65. The number of hydroxylamine groups is 2. The van der Waals surface area contributed by atoms with Crippen LogP contribution in [0.4, 0.5) is 0 Å². The molecule has 2 aromatic carbocycles. The van der Waals surface area contributed by atoms with Crippen molar-refractivity contribution in [3.8, 4) is 11.1 Å². The first kappa shape index (κ1) is 24.0. The highest BCUT2D eigenvalue weighted by Gasteiger charge is 2.36. The lowest BCUT2D eigenvalue weighted by atomic mass is 9.98. The minimum atomic E-state index is -1.49. The second-order valence-electron chi connectivity index (χ2n) is 9.18. The zero-order valence-electron chi connectivity index (χ0n) is 19.3. The number of unbranched alkanes of at least 4 members (excludes halogenated alkanes) is 1. The molecule has 1 amide bonds. The van der Waals surface area contributed by atoms with Crippen molar-refractivity contribution in [3.63, 3.8) is 0 Å². The average Bonchev–Trinajstić information content (AvgIpc) is 3.08. The second kappa shape index (κ2) is 10.3. The SMILES string of the molecule is CCCCC(C(O)C(=O)OC(C)(C)C)N(C=O)OCC1c2ccccc2-c2ccccc21. The van der Waals surface area contributed by atoms with Crippen LogP contribution >= 0.6 is 0 Å². The molecule has 1 aliphatic rings. The van der Waals surface area contributed by atoms with Gasteiger partial charge in [-0.15, -0.1) is 0 Å². The normalized spacial score (nSPS) is 14.9. The number of esters is 1. The fourth-order valence-electron chi connectivity index (χ4n) is 4.16. The molecule has 1 aliphatic carbocycles. The summed E-state index contributed by atoms with van der Waals surface area (Å²) in [7, 11) is 0. The van der Waals surface area contributed by atoms with Crippen LogP contribution < -0.4 is 0 Å².